The van der Waals surface area contributed by atoms with Crippen molar-refractivity contribution in [3.8, 4) is 0 Å². The third-order valence-corrected chi connectivity index (χ3v) is 1.45. The van der Waals surface area contributed by atoms with Crippen molar-refractivity contribution in [2.45, 2.75) is 6.54 Å². The van der Waals surface area contributed by atoms with E-state index in [4.69, 9.17) is 17.2 Å². The molecule has 0 amide bonds. The van der Waals surface area contributed by atoms with Gasteiger partial charge < -0.3 is 17.2 Å². The van der Waals surface area contributed by atoms with Gasteiger partial charge in [-0.25, -0.2) is 0 Å². The average Bonchev–Trinajstić information content (AvgIpc) is 1.88. The Hall–Kier alpha value is -1.22. The van der Waals surface area contributed by atoms with Crippen LogP contribution in [0.4, 0.5) is 11.4 Å². The molecule has 0 saturated heterocycles. The Morgan fingerprint density at radius 3 is 1.90 bits per heavy atom. The van der Waals surface area contributed by atoms with Gasteiger partial charge in [-0.15, -0.1) is 0 Å². The quantitative estimate of drug-likeness (QED) is 0.487. The van der Waals surface area contributed by atoms with Gasteiger partial charge in [-0.1, -0.05) is 6.07 Å². The summed E-state index contributed by atoms with van der Waals surface area (Å²) >= 11 is 0. The van der Waals surface area contributed by atoms with Crippen molar-refractivity contribution in [3.63, 3.8) is 0 Å². The lowest BCUT2D eigenvalue weighted by Gasteiger charge is -2.04. The molecule has 0 heterocycles. The number of hydrogen-bond donors (Lipinski definition) is 3. The van der Waals surface area contributed by atoms with Gasteiger partial charge in [-0.2, -0.15) is 0 Å². The molecule has 0 radical (unpaired) electrons. The first-order valence-corrected chi connectivity index (χ1v) is 3.08. The summed E-state index contributed by atoms with van der Waals surface area (Å²) < 4.78 is 0. The van der Waals surface area contributed by atoms with E-state index >= 15 is 0 Å². The second-order valence-corrected chi connectivity index (χ2v) is 2.12. The molecule has 0 unspecified atom stereocenters. The van der Waals surface area contributed by atoms with Gasteiger partial charge in [-0.05, 0) is 12.1 Å². The van der Waals surface area contributed by atoms with Crippen molar-refractivity contribution < 1.29 is 0 Å². The molecule has 3 nitrogen and oxygen atoms in total. The van der Waals surface area contributed by atoms with Gasteiger partial charge in [0.15, 0.2) is 0 Å². The Morgan fingerprint density at radius 1 is 1.10 bits per heavy atom. The van der Waals surface area contributed by atoms with Gasteiger partial charge in [0, 0.05) is 23.5 Å². The molecular formula is C7H11N3. The van der Waals surface area contributed by atoms with Gasteiger partial charge >= 0.3 is 0 Å². The van der Waals surface area contributed by atoms with E-state index < -0.39 is 0 Å². The molecule has 0 aliphatic heterocycles. The van der Waals surface area contributed by atoms with Crippen LogP contribution in [0.25, 0.3) is 0 Å². The Kier molecular flexibility index (Phi) is 1.78. The Balaban J connectivity index is 3.17. The first kappa shape index (κ1) is 6.89. The molecule has 10 heavy (non-hydrogen) atoms. The monoisotopic (exact) mass is 137 g/mol. The first-order valence-electron chi connectivity index (χ1n) is 3.08. The van der Waals surface area contributed by atoms with Crippen molar-refractivity contribution >= 4 is 11.4 Å². The summed E-state index contributed by atoms with van der Waals surface area (Å²) in [5.41, 5.74) is 18.7. The molecule has 6 N–H and O–H groups in total. The van der Waals surface area contributed by atoms with Crippen LogP contribution in [0.1, 0.15) is 5.56 Å². The zero-order valence-electron chi connectivity index (χ0n) is 5.67. The van der Waals surface area contributed by atoms with E-state index in [1.54, 1.807) is 12.1 Å². The minimum atomic E-state index is 0.401. The standard InChI is InChI=1S/C7H11N3/c8-4-5-6(9)2-1-3-7(5)10/h1-3H,4,8-10H2. The second kappa shape index (κ2) is 2.58. The molecule has 0 saturated carbocycles. The SMILES string of the molecule is NCc1c(N)cccc1N. The van der Waals surface area contributed by atoms with E-state index in [9.17, 15) is 0 Å². The third-order valence-electron chi connectivity index (χ3n) is 1.45. The average molecular weight is 137 g/mol. The summed E-state index contributed by atoms with van der Waals surface area (Å²) in [6.45, 7) is 0.401. The van der Waals surface area contributed by atoms with E-state index in [1.807, 2.05) is 6.07 Å². The minimum Gasteiger partial charge on any atom is -0.398 e. The summed E-state index contributed by atoms with van der Waals surface area (Å²) in [5.74, 6) is 0. The van der Waals surface area contributed by atoms with E-state index in [0.717, 1.165) is 5.56 Å². The van der Waals surface area contributed by atoms with E-state index in [-0.39, 0.29) is 0 Å². The van der Waals surface area contributed by atoms with Crippen molar-refractivity contribution in [1.29, 1.82) is 0 Å². The molecule has 0 aliphatic carbocycles. The molecule has 1 aromatic carbocycles. The van der Waals surface area contributed by atoms with Crippen LogP contribution < -0.4 is 17.2 Å². The molecule has 0 atom stereocenters. The van der Waals surface area contributed by atoms with Crippen molar-refractivity contribution in [1.82, 2.24) is 0 Å². The number of hydrogen-bond acceptors (Lipinski definition) is 3. The second-order valence-electron chi connectivity index (χ2n) is 2.12. The highest BCUT2D eigenvalue weighted by Gasteiger charge is 1.98. The van der Waals surface area contributed by atoms with Crippen LogP contribution >= 0.6 is 0 Å². The fraction of sp³-hybridized carbons (Fsp3) is 0.143. The lowest BCUT2D eigenvalue weighted by Crippen LogP contribution is -2.04. The number of nitrogens with two attached hydrogens (primary N) is 3. The van der Waals surface area contributed by atoms with Crippen LogP contribution in [-0.2, 0) is 6.54 Å². The Morgan fingerprint density at radius 2 is 1.60 bits per heavy atom. The van der Waals surface area contributed by atoms with E-state index in [0.29, 0.717) is 17.9 Å². The molecule has 3 heteroatoms. The number of benzene rings is 1. The molecule has 0 spiro atoms. The number of rotatable bonds is 1. The van der Waals surface area contributed by atoms with Gasteiger partial charge in [0.2, 0.25) is 0 Å². The van der Waals surface area contributed by atoms with Gasteiger partial charge in [0.25, 0.3) is 0 Å². The number of nitrogen functional groups attached to an aromatic ring is 2. The van der Waals surface area contributed by atoms with Gasteiger partial charge in [0.05, 0.1) is 0 Å². The highest BCUT2D eigenvalue weighted by Crippen LogP contribution is 2.17. The van der Waals surface area contributed by atoms with Crippen LogP contribution in [-0.4, -0.2) is 0 Å². The summed E-state index contributed by atoms with van der Waals surface area (Å²) in [6.07, 6.45) is 0. The molecule has 0 bridgehead atoms. The van der Waals surface area contributed by atoms with Crippen LogP contribution in [0, 0.1) is 0 Å². The summed E-state index contributed by atoms with van der Waals surface area (Å²) in [6, 6.07) is 5.39. The lowest BCUT2D eigenvalue weighted by atomic mass is 10.1. The van der Waals surface area contributed by atoms with Crippen molar-refractivity contribution in [3.05, 3.63) is 23.8 Å². The smallest absolute Gasteiger partial charge is 0.0380 e. The molecule has 1 aromatic rings. The molecule has 0 aliphatic rings. The van der Waals surface area contributed by atoms with Crippen molar-refractivity contribution in [2.75, 3.05) is 11.5 Å². The van der Waals surface area contributed by atoms with Crippen LogP contribution in [0.15, 0.2) is 18.2 Å². The maximum absolute atomic E-state index is 5.57. The molecule has 1 rings (SSSR count). The van der Waals surface area contributed by atoms with Crippen molar-refractivity contribution in [2.24, 2.45) is 5.73 Å². The topological polar surface area (TPSA) is 78.1 Å². The fourth-order valence-electron chi connectivity index (χ4n) is 0.859. The normalized spacial score (nSPS) is 9.70. The van der Waals surface area contributed by atoms with Crippen LogP contribution in [0.5, 0.6) is 0 Å². The fourth-order valence-corrected chi connectivity index (χ4v) is 0.859. The predicted molar refractivity (Wildman–Crippen MR) is 43.2 cm³/mol. The van der Waals surface area contributed by atoms with E-state index in [2.05, 4.69) is 0 Å². The molecular weight excluding hydrogens is 126 g/mol. The highest BCUT2D eigenvalue weighted by atomic mass is 14.7. The largest absolute Gasteiger partial charge is 0.398 e. The summed E-state index contributed by atoms with van der Waals surface area (Å²) in [4.78, 5) is 0. The Labute approximate surface area is 59.8 Å². The van der Waals surface area contributed by atoms with E-state index in [1.165, 1.54) is 0 Å². The maximum atomic E-state index is 5.57. The molecule has 54 valence electrons. The maximum Gasteiger partial charge on any atom is 0.0380 e. The third kappa shape index (κ3) is 1.04. The minimum absolute atomic E-state index is 0.401. The van der Waals surface area contributed by atoms with Crippen LogP contribution in [0.2, 0.25) is 0 Å². The zero-order valence-corrected chi connectivity index (χ0v) is 5.67. The first-order chi connectivity index (χ1) is 4.75. The van der Waals surface area contributed by atoms with Gasteiger partial charge in [-0.3, -0.25) is 0 Å². The number of anilines is 2. The summed E-state index contributed by atoms with van der Waals surface area (Å²) in [7, 11) is 0. The summed E-state index contributed by atoms with van der Waals surface area (Å²) in [5, 5.41) is 0. The lowest BCUT2D eigenvalue weighted by molar-refractivity contribution is 1.08. The Bertz CT molecular complexity index is 212. The highest BCUT2D eigenvalue weighted by molar-refractivity contribution is 5.60. The van der Waals surface area contributed by atoms with Gasteiger partial charge in [0.1, 0.15) is 0 Å². The van der Waals surface area contributed by atoms with Crippen LogP contribution in [0.3, 0.4) is 0 Å². The predicted octanol–water partition coefficient (Wildman–Crippen LogP) is 0.310. The molecule has 0 fully saturated rings. The zero-order chi connectivity index (χ0) is 7.56. The molecule has 0 aromatic heterocycles.